The van der Waals surface area contributed by atoms with Gasteiger partial charge in [0, 0.05) is 40.1 Å². The molecule has 0 atom stereocenters. The third-order valence-corrected chi connectivity index (χ3v) is 10.1. The van der Waals surface area contributed by atoms with E-state index in [1.807, 2.05) is 42.6 Å². The number of pyridine rings is 1. The highest BCUT2D eigenvalue weighted by atomic mass is 15.1. The first-order chi connectivity index (χ1) is 25.5. The molecule has 8 aromatic rings. The standard InChI is InChI=1S/C48H45N5/c1-47(2,3)37-23-25-41-39(29-37)40-30-38(48(4,5)6)24-26-42(40)53(41)46-35(28-36(31-49-46)32-16-10-7-11-17-32)22-27-43-50-44(33-18-12-8-13-19-33)52-45(51-43)34-20-14-9-15-21-34/h7-21,23-26,28-31H,22,27H2,1-6H3. The zero-order valence-corrected chi connectivity index (χ0v) is 31.4. The van der Waals surface area contributed by atoms with E-state index in [2.05, 4.69) is 143 Å². The largest absolute Gasteiger partial charge is 0.294 e. The predicted octanol–water partition coefficient (Wildman–Crippen LogP) is 11.7. The van der Waals surface area contributed by atoms with Gasteiger partial charge in [-0.1, -0.05) is 145 Å². The van der Waals surface area contributed by atoms with Crippen LogP contribution in [-0.2, 0) is 23.7 Å². The van der Waals surface area contributed by atoms with Crippen molar-refractivity contribution in [3.63, 3.8) is 0 Å². The minimum Gasteiger partial charge on any atom is -0.294 e. The molecule has 0 radical (unpaired) electrons. The molecule has 5 aromatic carbocycles. The van der Waals surface area contributed by atoms with Crippen LogP contribution in [0, 0.1) is 0 Å². The summed E-state index contributed by atoms with van der Waals surface area (Å²) in [6, 6.07) is 47.0. The fourth-order valence-electron chi connectivity index (χ4n) is 7.07. The van der Waals surface area contributed by atoms with E-state index >= 15 is 0 Å². The van der Waals surface area contributed by atoms with E-state index in [-0.39, 0.29) is 10.8 Å². The first-order valence-corrected chi connectivity index (χ1v) is 18.5. The molecular weight excluding hydrogens is 647 g/mol. The van der Waals surface area contributed by atoms with E-state index in [4.69, 9.17) is 19.9 Å². The van der Waals surface area contributed by atoms with Gasteiger partial charge in [-0.3, -0.25) is 4.57 Å². The van der Waals surface area contributed by atoms with Crippen molar-refractivity contribution in [2.24, 2.45) is 0 Å². The highest BCUT2D eigenvalue weighted by Gasteiger charge is 2.23. The van der Waals surface area contributed by atoms with E-state index < -0.39 is 0 Å². The summed E-state index contributed by atoms with van der Waals surface area (Å²) in [5, 5.41) is 2.49. The molecule has 0 spiro atoms. The average molecular weight is 692 g/mol. The van der Waals surface area contributed by atoms with Crippen LogP contribution < -0.4 is 0 Å². The van der Waals surface area contributed by atoms with Gasteiger partial charge in [-0.05, 0) is 69.8 Å². The number of fused-ring (bicyclic) bond motifs is 3. The first-order valence-electron chi connectivity index (χ1n) is 18.5. The highest BCUT2D eigenvalue weighted by Crippen LogP contribution is 2.38. The molecule has 0 aliphatic heterocycles. The third-order valence-electron chi connectivity index (χ3n) is 10.1. The SMILES string of the molecule is CC(C)(C)c1ccc2c(c1)c1cc(C(C)(C)C)ccc1n2-c1ncc(-c2ccccc2)cc1CCc1nc(-c2ccccc2)nc(-c2ccccc2)n1. The van der Waals surface area contributed by atoms with E-state index in [0.717, 1.165) is 50.5 Å². The summed E-state index contributed by atoms with van der Waals surface area (Å²) in [4.78, 5) is 20.3. The fraction of sp³-hybridized carbons (Fsp3) is 0.208. The van der Waals surface area contributed by atoms with Gasteiger partial charge in [0.15, 0.2) is 11.6 Å². The summed E-state index contributed by atoms with van der Waals surface area (Å²) >= 11 is 0. The van der Waals surface area contributed by atoms with Gasteiger partial charge in [-0.25, -0.2) is 19.9 Å². The molecule has 0 unspecified atom stereocenters. The Labute approximate surface area is 312 Å². The minimum absolute atomic E-state index is 0.0206. The quantitative estimate of drug-likeness (QED) is 0.167. The van der Waals surface area contributed by atoms with Gasteiger partial charge in [-0.2, -0.15) is 0 Å². The van der Waals surface area contributed by atoms with Crippen LogP contribution in [0.15, 0.2) is 140 Å². The molecule has 3 heterocycles. The summed E-state index contributed by atoms with van der Waals surface area (Å²) in [7, 11) is 0. The predicted molar refractivity (Wildman–Crippen MR) is 220 cm³/mol. The second-order valence-electron chi connectivity index (χ2n) is 16.0. The minimum atomic E-state index is 0.0206. The third kappa shape index (κ3) is 6.87. The lowest BCUT2D eigenvalue weighted by Gasteiger charge is -2.19. The van der Waals surface area contributed by atoms with E-state index in [1.54, 1.807) is 0 Å². The molecule has 0 fully saturated rings. The highest BCUT2D eigenvalue weighted by molar-refractivity contribution is 6.09. The van der Waals surface area contributed by atoms with Crippen molar-refractivity contribution in [2.45, 2.75) is 65.2 Å². The number of rotatable bonds is 7. The lowest BCUT2D eigenvalue weighted by Crippen LogP contribution is -2.10. The lowest BCUT2D eigenvalue weighted by molar-refractivity contribution is 0.590. The maximum absolute atomic E-state index is 5.29. The molecule has 53 heavy (non-hydrogen) atoms. The number of hydrogen-bond donors (Lipinski definition) is 0. The zero-order chi connectivity index (χ0) is 36.7. The molecule has 0 aliphatic carbocycles. The van der Waals surface area contributed by atoms with Crippen molar-refractivity contribution in [3.8, 4) is 39.7 Å². The second kappa shape index (κ2) is 13.6. The normalized spacial score (nSPS) is 12.1. The van der Waals surface area contributed by atoms with Crippen molar-refractivity contribution in [3.05, 3.63) is 162 Å². The second-order valence-corrected chi connectivity index (χ2v) is 16.0. The van der Waals surface area contributed by atoms with Gasteiger partial charge < -0.3 is 0 Å². The van der Waals surface area contributed by atoms with Crippen molar-refractivity contribution in [1.29, 1.82) is 0 Å². The molecule has 5 nitrogen and oxygen atoms in total. The smallest absolute Gasteiger partial charge is 0.163 e. The molecule has 3 aromatic heterocycles. The molecule has 0 saturated carbocycles. The molecule has 0 aliphatic rings. The first kappa shape index (κ1) is 34.2. The maximum Gasteiger partial charge on any atom is 0.163 e. The van der Waals surface area contributed by atoms with Gasteiger partial charge in [0.05, 0.1) is 11.0 Å². The molecule has 0 amide bonds. The summed E-state index contributed by atoms with van der Waals surface area (Å²) < 4.78 is 2.37. The van der Waals surface area contributed by atoms with Gasteiger partial charge in [0.2, 0.25) is 0 Å². The average Bonchev–Trinajstić information content (AvgIpc) is 3.50. The Morgan fingerprint density at radius 2 is 0.943 bits per heavy atom. The van der Waals surface area contributed by atoms with E-state index in [0.29, 0.717) is 24.5 Å². The Balaban J connectivity index is 1.30. The molecule has 8 rings (SSSR count). The monoisotopic (exact) mass is 691 g/mol. The van der Waals surface area contributed by atoms with Crippen molar-refractivity contribution >= 4 is 21.8 Å². The van der Waals surface area contributed by atoms with Gasteiger partial charge >= 0.3 is 0 Å². The summed E-state index contributed by atoms with van der Waals surface area (Å²) in [5.74, 6) is 3.04. The number of aromatic nitrogens is 5. The molecule has 0 bridgehead atoms. The number of hydrogen-bond acceptors (Lipinski definition) is 4. The fourth-order valence-corrected chi connectivity index (χ4v) is 7.07. The van der Waals surface area contributed by atoms with Crippen LogP contribution in [0.3, 0.4) is 0 Å². The molecule has 262 valence electrons. The van der Waals surface area contributed by atoms with Crippen LogP contribution in [0.2, 0.25) is 0 Å². The van der Waals surface area contributed by atoms with Crippen LogP contribution in [0.4, 0.5) is 0 Å². The number of nitrogens with zero attached hydrogens (tertiary/aromatic N) is 5. The number of aryl methyl sites for hydroxylation is 2. The van der Waals surface area contributed by atoms with Gasteiger partial charge in [0.25, 0.3) is 0 Å². The topological polar surface area (TPSA) is 56.5 Å². The molecular formula is C48H45N5. The van der Waals surface area contributed by atoms with E-state index in [9.17, 15) is 0 Å². The summed E-state index contributed by atoms with van der Waals surface area (Å²) in [5.41, 5.74) is 10.3. The Kier molecular flexibility index (Phi) is 8.74. The van der Waals surface area contributed by atoms with Crippen LogP contribution in [0.25, 0.3) is 61.5 Å². The molecule has 0 saturated heterocycles. The maximum atomic E-state index is 5.29. The van der Waals surface area contributed by atoms with Crippen molar-refractivity contribution in [2.75, 3.05) is 0 Å². The van der Waals surface area contributed by atoms with Crippen LogP contribution in [-0.4, -0.2) is 24.5 Å². The zero-order valence-electron chi connectivity index (χ0n) is 31.4. The van der Waals surface area contributed by atoms with Crippen LogP contribution in [0.5, 0.6) is 0 Å². The Morgan fingerprint density at radius 3 is 1.42 bits per heavy atom. The lowest BCUT2D eigenvalue weighted by atomic mass is 9.85. The summed E-state index contributed by atoms with van der Waals surface area (Å²) in [6.07, 6.45) is 3.33. The van der Waals surface area contributed by atoms with Gasteiger partial charge in [0.1, 0.15) is 11.6 Å². The Morgan fingerprint density at radius 1 is 0.472 bits per heavy atom. The van der Waals surface area contributed by atoms with Crippen molar-refractivity contribution in [1.82, 2.24) is 24.5 Å². The number of benzene rings is 5. The Bertz CT molecular complexity index is 2430. The van der Waals surface area contributed by atoms with Crippen LogP contribution >= 0.6 is 0 Å². The van der Waals surface area contributed by atoms with Gasteiger partial charge in [-0.15, -0.1) is 0 Å². The van der Waals surface area contributed by atoms with E-state index in [1.165, 1.54) is 21.9 Å². The van der Waals surface area contributed by atoms with Crippen molar-refractivity contribution < 1.29 is 0 Å². The molecule has 0 N–H and O–H groups in total. The summed E-state index contributed by atoms with van der Waals surface area (Å²) in [6.45, 7) is 13.7. The Hall–Kier alpha value is -5.94. The molecule has 5 heteroatoms. The van der Waals surface area contributed by atoms with Crippen LogP contribution in [0.1, 0.15) is 64.1 Å².